The molecule has 0 bridgehead atoms. The van der Waals surface area contributed by atoms with Crippen LogP contribution in [0.1, 0.15) is 11.1 Å². The first-order valence-electron chi connectivity index (χ1n) is 7.58. The topological polar surface area (TPSA) is 12.9 Å². The second-order valence-corrected chi connectivity index (χ2v) is 5.89. The van der Waals surface area contributed by atoms with E-state index in [4.69, 9.17) is 4.98 Å². The van der Waals surface area contributed by atoms with Gasteiger partial charge in [-0.25, -0.2) is 4.98 Å². The first-order valence-corrected chi connectivity index (χ1v) is 7.58. The second-order valence-electron chi connectivity index (χ2n) is 5.89. The third-order valence-corrected chi connectivity index (χ3v) is 4.18. The summed E-state index contributed by atoms with van der Waals surface area (Å²) in [6, 6.07) is 23.7. The molecule has 3 aromatic carbocycles. The third kappa shape index (κ3) is 2.06. The number of nitrogens with zero attached hydrogens (tertiary/aromatic N) is 1. The monoisotopic (exact) mass is 283 g/mol. The summed E-state index contributed by atoms with van der Waals surface area (Å²) in [6.45, 7) is 4.23. The summed E-state index contributed by atoms with van der Waals surface area (Å²) in [5.74, 6) is 0. The van der Waals surface area contributed by atoms with Crippen molar-refractivity contribution in [3.05, 3.63) is 77.9 Å². The Bertz CT molecular complexity index is 982. The number of pyridine rings is 1. The molecule has 22 heavy (non-hydrogen) atoms. The second kappa shape index (κ2) is 4.96. The fourth-order valence-electron chi connectivity index (χ4n) is 3.03. The third-order valence-electron chi connectivity index (χ3n) is 4.18. The van der Waals surface area contributed by atoms with Crippen LogP contribution in [0.2, 0.25) is 0 Å². The highest BCUT2D eigenvalue weighted by molar-refractivity contribution is 6.09. The first-order chi connectivity index (χ1) is 10.7. The van der Waals surface area contributed by atoms with Gasteiger partial charge in [-0.2, -0.15) is 0 Å². The van der Waals surface area contributed by atoms with E-state index in [1.165, 1.54) is 33.0 Å². The van der Waals surface area contributed by atoms with Gasteiger partial charge in [0.1, 0.15) is 0 Å². The van der Waals surface area contributed by atoms with Crippen LogP contribution in [-0.2, 0) is 0 Å². The average Bonchev–Trinajstić information content (AvgIpc) is 2.53. The van der Waals surface area contributed by atoms with Crippen LogP contribution in [0.5, 0.6) is 0 Å². The molecule has 0 amide bonds. The first kappa shape index (κ1) is 13.0. The number of aryl methyl sites for hydroxylation is 2. The van der Waals surface area contributed by atoms with Gasteiger partial charge in [-0.15, -0.1) is 0 Å². The van der Waals surface area contributed by atoms with Gasteiger partial charge < -0.3 is 0 Å². The molecule has 1 nitrogen and oxygen atoms in total. The number of hydrogen-bond donors (Lipinski definition) is 0. The Morgan fingerprint density at radius 2 is 1.32 bits per heavy atom. The van der Waals surface area contributed by atoms with Crippen molar-refractivity contribution in [1.29, 1.82) is 0 Å². The van der Waals surface area contributed by atoms with Crippen LogP contribution in [-0.4, -0.2) is 4.98 Å². The zero-order valence-electron chi connectivity index (χ0n) is 12.8. The Kier molecular flexibility index (Phi) is 2.93. The molecule has 1 heterocycles. The van der Waals surface area contributed by atoms with Crippen LogP contribution in [0.15, 0.2) is 66.7 Å². The molecule has 0 N–H and O–H groups in total. The summed E-state index contributed by atoms with van der Waals surface area (Å²) in [6.07, 6.45) is 0. The number of benzene rings is 3. The molecule has 4 aromatic rings. The quantitative estimate of drug-likeness (QED) is 0.410. The minimum Gasteiger partial charge on any atom is -0.248 e. The predicted molar refractivity (Wildman–Crippen MR) is 94.2 cm³/mol. The van der Waals surface area contributed by atoms with E-state index in [0.29, 0.717) is 0 Å². The largest absolute Gasteiger partial charge is 0.248 e. The molecule has 0 aliphatic rings. The van der Waals surface area contributed by atoms with E-state index in [1.54, 1.807) is 0 Å². The number of hydrogen-bond acceptors (Lipinski definition) is 1. The van der Waals surface area contributed by atoms with E-state index >= 15 is 0 Å². The summed E-state index contributed by atoms with van der Waals surface area (Å²) in [4.78, 5) is 4.84. The Balaban J connectivity index is 2.18. The molecule has 0 spiro atoms. The number of para-hydroxylation sites is 1. The fraction of sp³-hybridized carbons (Fsp3) is 0.0952. The summed E-state index contributed by atoms with van der Waals surface area (Å²) in [7, 11) is 0. The Morgan fingerprint density at radius 1 is 0.636 bits per heavy atom. The van der Waals surface area contributed by atoms with E-state index in [9.17, 15) is 0 Å². The van der Waals surface area contributed by atoms with Gasteiger partial charge in [0.05, 0.1) is 11.0 Å². The lowest BCUT2D eigenvalue weighted by Crippen LogP contribution is -1.89. The van der Waals surface area contributed by atoms with Crippen molar-refractivity contribution in [2.24, 2.45) is 0 Å². The Hall–Kier alpha value is -2.67. The van der Waals surface area contributed by atoms with E-state index in [2.05, 4.69) is 80.6 Å². The SMILES string of the molecule is Cc1ccc(-c2c3ccccc3nc3cc(C)ccc23)cc1. The molecule has 4 rings (SSSR count). The Morgan fingerprint density at radius 3 is 2.14 bits per heavy atom. The van der Waals surface area contributed by atoms with Crippen molar-refractivity contribution in [2.75, 3.05) is 0 Å². The van der Waals surface area contributed by atoms with Crippen LogP contribution in [0, 0.1) is 13.8 Å². The number of aromatic nitrogens is 1. The smallest absolute Gasteiger partial charge is 0.0718 e. The van der Waals surface area contributed by atoms with E-state index in [-0.39, 0.29) is 0 Å². The van der Waals surface area contributed by atoms with E-state index in [0.717, 1.165) is 11.0 Å². The van der Waals surface area contributed by atoms with Gasteiger partial charge in [0.15, 0.2) is 0 Å². The zero-order valence-corrected chi connectivity index (χ0v) is 12.8. The maximum Gasteiger partial charge on any atom is 0.0718 e. The van der Waals surface area contributed by atoms with Crippen LogP contribution < -0.4 is 0 Å². The summed E-state index contributed by atoms with van der Waals surface area (Å²) >= 11 is 0. The molecule has 0 radical (unpaired) electrons. The molecule has 0 atom stereocenters. The molecule has 0 fully saturated rings. The molecule has 0 aliphatic carbocycles. The van der Waals surface area contributed by atoms with Crippen LogP contribution in [0.4, 0.5) is 0 Å². The van der Waals surface area contributed by atoms with Gasteiger partial charge in [-0.05, 0) is 37.1 Å². The van der Waals surface area contributed by atoms with Gasteiger partial charge in [0.25, 0.3) is 0 Å². The highest BCUT2D eigenvalue weighted by Crippen LogP contribution is 2.35. The molecular formula is C21H17N. The number of rotatable bonds is 1. The molecule has 1 heteroatoms. The molecule has 106 valence electrons. The van der Waals surface area contributed by atoms with Gasteiger partial charge >= 0.3 is 0 Å². The van der Waals surface area contributed by atoms with Crippen LogP contribution in [0.25, 0.3) is 32.9 Å². The molecule has 0 unspecified atom stereocenters. The van der Waals surface area contributed by atoms with Crippen molar-refractivity contribution in [2.45, 2.75) is 13.8 Å². The number of fused-ring (bicyclic) bond motifs is 2. The minimum atomic E-state index is 1.05. The van der Waals surface area contributed by atoms with Gasteiger partial charge in [0.2, 0.25) is 0 Å². The summed E-state index contributed by atoms with van der Waals surface area (Å²) in [5, 5.41) is 2.43. The Labute approximate surface area is 130 Å². The van der Waals surface area contributed by atoms with Crippen molar-refractivity contribution >= 4 is 21.8 Å². The molecular weight excluding hydrogens is 266 g/mol. The summed E-state index contributed by atoms with van der Waals surface area (Å²) < 4.78 is 0. The summed E-state index contributed by atoms with van der Waals surface area (Å²) in [5.41, 5.74) is 7.16. The van der Waals surface area contributed by atoms with Gasteiger partial charge in [0, 0.05) is 16.3 Å². The average molecular weight is 283 g/mol. The van der Waals surface area contributed by atoms with Crippen molar-refractivity contribution in [1.82, 2.24) is 4.98 Å². The normalized spacial score (nSPS) is 11.2. The van der Waals surface area contributed by atoms with Crippen molar-refractivity contribution in [3.8, 4) is 11.1 Å². The van der Waals surface area contributed by atoms with Gasteiger partial charge in [-0.3, -0.25) is 0 Å². The molecule has 0 saturated carbocycles. The highest BCUT2D eigenvalue weighted by Gasteiger charge is 2.10. The van der Waals surface area contributed by atoms with Gasteiger partial charge in [-0.1, -0.05) is 60.2 Å². The maximum atomic E-state index is 4.84. The zero-order chi connectivity index (χ0) is 15.1. The molecule has 1 aromatic heterocycles. The predicted octanol–water partition coefficient (Wildman–Crippen LogP) is 5.67. The van der Waals surface area contributed by atoms with Crippen molar-refractivity contribution < 1.29 is 0 Å². The van der Waals surface area contributed by atoms with Crippen LogP contribution in [0.3, 0.4) is 0 Å². The lowest BCUT2D eigenvalue weighted by molar-refractivity contribution is 1.44. The molecule has 0 saturated heterocycles. The lowest BCUT2D eigenvalue weighted by atomic mass is 9.95. The minimum absolute atomic E-state index is 1.05. The standard InChI is InChI=1S/C21H17N/c1-14-7-10-16(11-8-14)21-17-5-3-4-6-19(17)22-20-13-15(2)9-12-18(20)21/h3-13H,1-2H3. The lowest BCUT2D eigenvalue weighted by Gasteiger charge is -2.12. The highest BCUT2D eigenvalue weighted by atomic mass is 14.7. The van der Waals surface area contributed by atoms with Crippen LogP contribution >= 0.6 is 0 Å². The van der Waals surface area contributed by atoms with E-state index in [1.807, 2.05) is 0 Å². The maximum absolute atomic E-state index is 4.84. The molecule has 0 aliphatic heterocycles. The van der Waals surface area contributed by atoms with Crippen molar-refractivity contribution in [3.63, 3.8) is 0 Å². The van der Waals surface area contributed by atoms with E-state index < -0.39 is 0 Å². The fourth-order valence-corrected chi connectivity index (χ4v) is 3.03.